The van der Waals surface area contributed by atoms with Crippen molar-refractivity contribution in [2.24, 2.45) is 0 Å². The maximum Gasteiger partial charge on any atom is 0.160 e. The van der Waals surface area contributed by atoms with E-state index in [9.17, 15) is 4.79 Å². The van der Waals surface area contributed by atoms with E-state index in [2.05, 4.69) is 27.8 Å². The first kappa shape index (κ1) is 14.2. The van der Waals surface area contributed by atoms with Crippen molar-refractivity contribution in [2.75, 3.05) is 24.6 Å². The average Bonchev–Trinajstić information content (AvgIpc) is 2.28. The standard InChI is InChI=1S/C13H18BrNO2/c1-3-6-15(7-8-16)11-4-5-12(10(2)17)13(14)9-11/h4-5,9,16H,3,6-8H2,1-2H3. The topological polar surface area (TPSA) is 40.5 Å². The lowest BCUT2D eigenvalue weighted by Gasteiger charge is -2.23. The molecule has 1 N–H and O–H groups in total. The minimum Gasteiger partial charge on any atom is -0.395 e. The van der Waals surface area contributed by atoms with Crippen LogP contribution in [0.4, 0.5) is 5.69 Å². The number of hydrogen-bond donors (Lipinski definition) is 1. The van der Waals surface area contributed by atoms with Gasteiger partial charge in [-0.3, -0.25) is 4.79 Å². The zero-order chi connectivity index (χ0) is 12.8. The van der Waals surface area contributed by atoms with Crippen LogP contribution in [0.25, 0.3) is 0 Å². The van der Waals surface area contributed by atoms with E-state index < -0.39 is 0 Å². The predicted octanol–water partition coefficient (Wildman–Crippen LogP) is 2.86. The SMILES string of the molecule is CCCN(CCO)c1ccc(C(C)=O)c(Br)c1. The van der Waals surface area contributed by atoms with E-state index in [1.54, 1.807) is 6.92 Å². The molecule has 0 saturated carbocycles. The first-order valence-corrected chi connectivity index (χ1v) is 6.55. The van der Waals surface area contributed by atoms with Gasteiger partial charge in [0.25, 0.3) is 0 Å². The van der Waals surface area contributed by atoms with Crippen molar-refractivity contribution in [1.82, 2.24) is 0 Å². The third-order valence-corrected chi connectivity index (χ3v) is 3.22. The highest BCUT2D eigenvalue weighted by Crippen LogP contribution is 2.24. The van der Waals surface area contributed by atoms with Crippen LogP contribution < -0.4 is 4.90 Å². The number of hydrogen-bond acceptors (Lipinski definition) is 3. The maximum atomic E-state index is 11.3. The molecule has 1 aromatic rings. The maximum absolute atomic E-state index is 11.3. The van der Waals surface area contributed by atoms with Crippen LogP contribution in [-0.2, 0) is 0 Å². The van der Waals surface area contributed by atoms with Gasteiger partial charge in [0, 0.05) is 28.8 Å². The zero-order valence-corrected chi connectivity index (χ0v) is 11.8. The Hall–Kier alpha value is -0.870. The van der Waals surface area contributed by atoms with Crippen molar-refractivity contribution in [2.45, 2.75) is 20.3 Å². The first-order valence-electron chi connectivity index (χ1n) is 5.76. The number of anilines is 1. The first-order chi connectivity index (χ1) is 8.10. The molecule has 0 heterocycles. The van der Waals surface area contributed by atoms with E-state index >= 15 is 0 Å². The summed E-state index contributed by atoms with van der Waals surface area (Å²) >= 11 is 3.41. The predicted molar refractivity (Wildman–Crippen MR) is 73.7 cm³/mol. The van der Waals surface area contributed by atoms with Crippen LogP contribution in [0.3, 0.4) is 0 Å². The Morgan fingerprint density at radius 1 is 1.41 bits per heavy atom. The van der Waals surface area contributed by atoms with Crippen molar-refractivity contribution in [1.29, 1.82) is 0 Å². The summed E-state index contributed by atoms with van der Waals surface area (Å²) in [5.74, 6) is 0.0487. The van der Waals surface area contributed by atoms with Gasteiger partial charge in [0.1, 0.15) is 0 Å². The molecule has 0 spiro atoms. The summed E-state index contributed by atoms with van der Waals surface area (Å²) in [7, 11) is 0. The third-order valence-electron chi connectivity index (χ3n) is 2.56. The normalized spacial score (nSPS) is 10.4. The second kappa shape index (κ2) is 6.77. The van der Waals surface area contributed by atoms with E-state index in [0.29, 0.717) is 12.1 Å². The quantitative estimate of drug-likeness (QED) is 0.821. The molecule has 4 heteroatoms. The Balaban J connectivity index is 2.97. The van der Waals surface area contributed by atoms with Gasteiger partial charge in [-0.2, -0.15) is 0 Å². The van der Waals surface area contributed by atoms with Crippen LogP contribution in [0.2, 0.25) is 0 Å². The van der Waals surface area contributed by atoms with Gasteiger partial charge in [-0.15, -0.1) is 0 Å². The number of carbonyl (C=O) groups excluding carboxylic acids is 1. The highest BCUT2D eigenvalue weighted by Gasteiger charge is 2.09. The van der Waals surface area contributed by atoms with Crippen molar-refractivity contribution in [3.05, 3.63) is 28.2 Å². The molecule has 17 heavy (non-hydrogen) atoms. The fourth-order valence-electron chi connectivity index (χ4n) is 1.75. The average molecular weight is 300 g/mol. The summed E-state index contributed by atoms with van der Waals surface area (Å²) in [6, 6.07) is 5.68. The molecule has 0 saturated heterocycles. The minimum atomic E-state index is 0.0487. The van der Waals surface area contributed by atoms with E-state index in [1.165, 1.54) is 0 Å². The van der Waals surface area contributed by atoms with Crippen LogP contribution in [0.1, 0.15) is 30.6 Å². The molecule has 0 aliphatic heterocycles. The van der Waals surface area contributed by atoms with Crippen molar-refractivity contribution >= 4 is 27.4 Å². The Morgan fingerprint density at radius 3 is 2.59 bits per heavy atom. The number of halogens is 1. The largest absolute Gasteiger partial charge is 0.395 e. The number of carbonyl (C=O) groups is 1. The highest BCUT2D eigenvalue weighted by atomic mass is 79.9. The molecule has 94 valence electrons. The summed E-state index contributed by atoms with van der Waals surface area (Å²) in [5, 5.41) is 9.03. The number of nitrogens with zero attached hydrogens (tertiary/aromatic N) is 1. The van der Waals surface area contributed by atoms with Crippen molar-refractivity contribution in [3.63, 3.8) is 0 Å². The number of aliphatic hydroxyl groups is 1. The van der Waals surface area contributed by atoms with Crippen molar-refractivity contribution < 1.29 is 9.90 Å². The Labute approximate surface area is 111 Å². The molecule has 0 aliphatic rings. The Morgan fingerprint density at radius 2 is 2.12 bits per heavy atom. The van der Waals surface area contributed by atoms with Crippen LogP contribution in [0.5, 0.6) is 0 Å². The van der Waals surface area contributed by atoms with Crippen molar-refractivity contribution in [3.8, 4) is 0 Å². The molecule has 0 fully saturated rings. The fraction of sp³-hybridized carbons (Fsp3) is 0.462. The molecular formula is C13H18BrNO2. The van der Waals surface area contributed by atoms with Gasteiger partial charge < -0.3 is 10.0 Å². The molecule has 0 amide bonds. The van der Waals surface area contributed by atoms with Gasteiger partial charge in [-0.1, -0.05) is 6.92 Å². The Bertz CT molecular complexity index is 387. The van der Waals surface area contributed by atoms with E-state index in [0.717, 1.165) is 23.1 Å². The molecule has 0 atom stereocenters. The summed E-state index contributed by atoms with van der Waals surface area (Å²) in [4.78, 5) is 13.4. The van der Waals surface area contributed by atoms with Gasteiger partial charge in [-0.25, -0.2) is 0 Å². The number of ketones is 1. The number of Topliss-reactive ketones (excluding diaryl/α,β-unsaturated/α-hetero) is 1. The Kier molecular flexibility index (Phi) is 5.65. The van der Waals surface area contributed by atoms with Crippen LogP contribution in [0, 0.1) is 0 Å². The monoisotopic (exact) mass is 299 g/mol. The smallest absolute Gasteiger partial charge is 0.160 e. The minimum absolute atomic E-state index is 0.0487. The molecule has 0 aromatic heterocycles. The molecule has 0 aliphatic carbocycles. The lowest BCUT2D eigenvalue weighted by atomic mass is 10.1. The third kappa shape index (κ3) is 3.82. The second-order valence-electron chi connectivity index (χ2n) is 3.93. The molecule has 1 rings (SSSR count). The van der Waals surface area contributed by atoms with E-state index in [4.69, 9.17) is 5.11 Å². The molecule has 0 bridgehead atoms. The zero-order valence-electron chi connectivity index (χ0n) is 10.2. The van der Waals surface area contributed by atoms with Crippen LogP contribution in [-0.4, -0.2) is 30.6 Å². The van der Waals surface area contributed by atoms with Gasteiger partial charge in [0.05, 0.1) is 6.61 Å². The fourth-order valence-corrected chi connectivity index (χ4v) is 2.39. The van der Waals surface area contributed by atoms with Gasteiger partial charge in [-0.05, 0) is 47.5 Å². The number of rotatable bonds is 6. The summed E-state index contributed by atoms with van der Waals surface area (Å²) in [6.45, 7) is 5.29. The molecule has 1 aromatic carbocycles. The van der Waals surface area contributed by atoms with E-state index in [1.807, 2.05) is 18.2 Å². The molecule has 0 radical (unpaired) electrons. The van der Waals surface area contributed by atoms with Crippen LogP contribution >= 0.6 is 15.9 Å². The lowest BCUT2D eigenvalue weighted by molar-refractivity contribution is 0.101. The lowest BCUT2D eigenvalue weighted by Crippen LogP contribution is -2.27. The van der Waals surface area contributed by atoms with Gasteiger partial charge >= 0.3 is 0 Å². The molecule has 3 nitrogen and oxygen atoms in total. The van der Waals surface area contributed by atoms with E-state index in [-0.39, 0.29) is 12.4 Å². The van der Waals surface area contributed by atoms with Crippen LogP contribution in [0.15, 0.2) is 22.7 Å². The van der Waals surface area contributed by atoms with Gasteiger partial charge in [0.15, 0.2) is 5.78 Å². The summed E-state index contributed by atoms with van der Waals surface area (Å²) < 4.78 is 0.807. The summed E-state index contributed by atoms with van der Waals surface area (Å²) in [6.07, 6.45) is 1.02. The highest BCUT2D eigenvalue weighted by molar-refractivity contribution is 9.10. The second-order valence-corrected chi connectivity index (χ2v) is 4.79. The molecular weight excluding hydrogens is 282 g/mol. The summed E-state index contributed by atoms with van der Waals surface area (Å²) in [5.41, 5.74) is 1.71. The number of aliphatic hydroxyl groups excluding tert-OH is 1. The van der Waals surface area contributed by atoms with Gasteiger partial charge in [0.2, 0.25) is 0 Å². The number of benzene rings is 1. The molecule has 0 unspecified atom stereocenters.